The Balaban J connectivity index is 1.45. The van der Waals surface area contributed by atoms with Crippen molar-refractivity contribution in [2.45, 2.75) is 31.0 Å². The average Bonchev–Trinajstić information content (AvgIpc) is 3.12. The fraction of sp³-hybridized carbons (Fsp3) is 0.286. The second-order valence-corrected chi connectivity index (χ2v) is 6.96. The van der Waals surface area contributed by atoms with Gasteiger partial charge in [0.25, 0.3) is 5.91 Å². The molecule has 2 heterocycles. The quantitative estimate of drug-likeness (QED) is 0.855. The molecule has 0 saturated carbocycles. The molecule has 2 N–H and O–H groups in total. The summed E-state index contributed by atoms with van der Waals surface area (Å²) in [5.74, 6) is -0.514. The van der Waals surface area contributed by atoms with Crippen molar-refractivity contribution in [1.82, 2.24) is 15.5 Å². The minimum Gasteiger partial charge on any atom is -0.347 e. The number of rotatable bonds is 4. The highest BCUT2D eigenvalue weighted by atomic mass is 16.2. The Morgan fingerprint density at radius 2 is 1.70 bits per heavy atom. The maximum atomic E-state index is 12.9. The van der Waals surface area contributed by atoms with Crippen LogP contribution in [0.2, 0.25) is 0 Å². The van der Waals surface area contributed by atoms with Gasteiger partial charge in [-0.25, -0.2) is 0 Å². The van der Waals surface area contributed by atoms with E-state index in [1.807, 2.05) is 36.4 Å². The van der Waals surface area contributed by atoms with Gasteiger partial charge < -0.3 is 15.5 Å². The fourth-order valence-corrected chi connectivity index (χ4v) is 3.86. The van der Waals surface area contributed by atoms with E-state index in [4.69, 9.17) is 0 Å². The van der Waals surface area contributed by atoms with Crippen LogP contribution >= 0.6 is 0 Å². The Morgan fingerprint density at radius 1 is 1.04 bits per heavy atom. The maximum Gasteiger partial charge on any atom is 0.251 e. The van der Waals surface area contributed by atoms with Gasteiger partial charge >= 0.3 is 0 Å². The molecule has 4 rings (SSSR count). The summed E-state index contributed by atoms with van der Waals surface area (Å²) < 4.78 is 0. The Hall–Kier alpha value is -3.15. The first-order valence-corrected chi connectivity index (χ1v) is 9.14. The Morgan fingerprint density at radius 3 is 2.41 bits per heavy atom. The summed E-state index contributed by atoms with van der Waals surface area (Å²) in [7, 11) is 0. The van der Waals surface area contributed by atoms with Gasteiger partial charge in [-0.05, 0) is 24.1 Å². The maximum absolute atomic E-state index is 12.9. The molecule has 0 radical (unpaired) electrons. The van der Waals surface area contributed by atoms with E-state index in [0.717, 1.165) is 5.56 Å². The predicted molar refractivity (Wildman–Crippen MR) is 99.9 cm³/mol. The molecule has 0 aromatic heterocycles. The Kier molecular flexibility index (Phi) is 4.62. The van der Waals surface area contributed by atoms with Gasteiger partial charge in [0.1, 0.15) is 12.1 Å². The first-order chi connectivity index (χ1) is 13.1. The highest BCUT2D eigenvalue weighted by molar-refractivity contribution is 5.99. The van der Waals surface area contributed by atoms with Crippen molar-refractivity contribution in [2.24, 2.45) is 0 Å². The van der Waals surface area contributed by atoms with Gasteiger partial charge in [0, 0.05) is 18.5 Å². The number of hydrogen-bond donors (Lipinski definition) is 2. The summed E-state index contributed by atoms with van der Waals surface area (Å²) in [6, 6.07) is 16.9. The van der Waals surface area contributed by atoms with E-state index in [1.54, 1.807) is 29.2 Å². The summed E-state index contributed by atoms with van der Waals surface area (Å²) in [4.78, 5) is 39.6. The number of carbonyl (C=O) groups excluding carboxylic acids is 3. The number of hydrogen-bond acceptors (Lipinski definition) is 3. The smallest absolute Gasteiger partial charge is 0.251 e. The van der Waals surface area contributed by atoms with E-state index in [1.165, 1.54) is 0 Å². The molecule has 3 amide bonds. The molecule has 6 heteroatoms. The van der Waals surface area contributed by atoms with Crippen LogP contribution in [0.3, 0.4) is 0 Å². The minimum atomic E-state index is -0.641. The summed E-state index contributed by atoms with van der Waals surface area (Å²) in [5, 5.41) is 5.76. The molecule has 2 aromatic rings. The monoisotopic (exact) mass is 363 g/mol. The lowest BCUT2D eigenvalue weighted by molar-refractivity contribution is -0.147. The lowest BCUT2D eigenvalue weighted by Gasteiger charge is -2.36. The van der Waals surface area contributed by atoms with Crippen LogP contribution in [0.5, 0.6) is 0 Å². The predicted octanol–water partition coefficient (Wildman–Crippen LogP) is 1.13. The summed E-state index contributed by atoms with van der Waals surface area (Å²) >= 11 is 0. The van der Waals surface area contributed by atoms with E-state index in [9.17, 15) is 14.4 Å². The molecule has 2 aromatic carbocycles. The number of piperazine rings is 1. The van der Waals surface area contributed by atoms with Crippen molar-refractivity contribution in [1.29, 1.82) is 0 Å². The van der Waals surface area contributed by atoms with Crippen molar-refractivity contribution < 1.29 is 14.4 Å². The van der Waals surface area contributed by atoms with Crippen molar-refractivity contribution in [3.05, 3.63) is 71.8 Å². The number of amides is 3. The van der Waals surface area contributed by atoms with Crippen molar-refractivity contribution in [3.8, 4) is 0 Å². The van der Waals surface area contributed by atoms with Crippen molar-refractivity contribution >= 4 is 17.7 Å². The highest BCUT2D eigenvalue weighted by Crippen LogP contribution is 2.24. The lowest BCUT2D eigenvalue weighted by atomic mass is 9.99. The molecule has 27 heavy (non-hydrogen) atoms. The SMILES string of the molecule is O=C(N[C@H]1CCN2C(=O)[C@@H](Cc3ccccc3)NC(=O)[C@H]12)c1ccccc1. The van der Waals surface area contributed by atoms with Gasteiger partial charge in [0.15, 0.2) is 0 Å². The molecule has 0 unspecified atom stereocenters. The number of carbonyl (C=O) groups is 3. The number of nitrogens with zero attached hydrogens (tertiary/aromatic N) is 1. The summed E-state index contributed by atoms with van der Waals surface area (Å²) in [6.45, 7) is 0.474. The zero-order chi connectivity index (χ0) is 18.8. The zero-order valence-corrected chi connectivity index (χ0v) is 14.8. The third-order valence-corrected chi connectivity index (χ3v) is 5.20. The molecule has 2 aliphatic rings. The third kappa shape index (κ3) is 3.43. The van der Waals surface area contributed by atoms with Crippen molar-refractivity contribution in [2.75, 3.05) is 6.54 Å². The van der Waals surface area contributed by atoms with Crippen LogP contribution in [-0.2, 0) is 16.0 Å². The molecule has 0 aliphatic carbocycles. The average molecular weight is 363 g/mol. The standard InChI is InChI=1S/C21H21N3O3/c25-19(15-9-5-2-6-10-15)22-16-11-12-24-18(16)20(26)23-17(21(24)27)13-14-7-3-1-4-8-14/h1-10,16-18H,11-13H2,(H,22,25)(H,23,26)/t16-,17+,18-/m0/s1. The zero-order valence-electron chi connectivity index (χ0n) is 14.8. The Labute approximate surface area is 157 Å². The van der Waals surface area contributed by atoms with Gasteiger partial charge in [0.2, 0.25) is 11.8 Å². The van der Waals surface area contributed by atoms with E-state index in [0.29, 0.717) is 24.9 Å². The van der Waals surface area contributed by atoms with E-state index in [-0.39, 0.29) is 23.8 Å². The van der Waals surface area contributed by atoms with E-state index in [2.05, 4.69) is 10.6 Å². The topological polar surface area (TPSA) is 78.5 Å². The molecule has 3 atom stereocenters. The second kappa shape index (κ2) is 7.23. The Bertz CT molecular complexity index is 853. The molecule has 0 bridgehead atoms. The number of fused-ring (bicyclic) bond motifs is 1. The summed E-state index contributed by atoms with van der Waals surface area (Å²) in [5.41, 5.74) is 1.54. The molecule has 2 saturated heterocycles. The normalized spacial score (nSPS) is 24.3. The van der Waals surface area contributed by atoms with Crippen LogP contribution in [0.15, 0.2) is 60.7 Å². The van der Waals surface area contributed by atoms with Crippen LogP contribution in [-0.4, -0.2) is 47.3 Å². The van der Waals surface area contributed by atoms with Gasteiger partial charge in [-0.1, -0.05) is 48.5 Å². The fourth-order valence-electron chi connectivity index (χ4n) is 3.86. The van der Waals surface area contributed by atoms with Gasteiger partial charge in [0.05, 0.1) is 6.04 Å². The van der Waals surface area contributed by atoms with Crippen LogP contribution < -0.4 is 10.6 Å². The number of benzene rings is 2. The largest absolute Gasteiger partial charge is 0.347 e. The van der Waals surface area contributed by atoms with Crippen LogP contribution in [0, 0.1) is 0 Å². The molecular formula is C21H21N3O3. The van der Waals surface area contributed by atoms with Gasteiger partial charge in [-0.3, -0.25) is 14.4 Å². The van der Waals surface area contributed by atoms with Crippen LogP contribution in [0.25, 0.3) is 0 Å². The molecular weight excluding hydrogens is 342 g/mol. The first-order valence-electron chi connectivity index (χ1n) is 9.14. The van der Waals surface area contributed by atoms with E-state index >= 15 is 0 Å². The third-order valence-electron chi connectivity index (χ3n) is 5.20. The highest BCUT2D eigenvalue weighted by Gasteiger charge is 2.48. The second-order valence-electron chi connectivity index (χ2n) is 6.96. The molecule has 2 aliphatic heterocycles. The molecule has 6 nitrogen and oxygen atoms in total. The van der Waals surface area contributed by atoms with Gasteiger partial charge in [-0.15, -0.1) is 0 Å². The molecule has 0 spiro atoms. The van der Waals surface area contributed by atoms with E-state index < -0.39 is 12.1 Å². The molecule has 2 fully saturated rings. The first kappa shape index (κ1) is 17.3. The van der Waals surface area contributed by atoms with Gasteiger partial charge in [-0.2, -0.15) is 0 Å². The minimum absolute atomic E-state index is 0.0834. The lowest BCUT2D eigenvalue weighted by Crippen LogP contribution is -2.65. The number of nitrogens with one attached hydrogen (secondary N) is 2. The van der Waals surface area contributed by atoms with Crippen LogP contribution in [0.4, 0.5) is 0 Å². The molecule has 138 valence electrons. The van der Waals surface area contributed by atoms with Crippen molar-refractivity contribution in [3.63, 3.8) is 0 Å². The van der Waals surface area contributed by atoms with Crippen LogP contribution in [0.1, 0.15) is 22.3 Å². The summed E-state index contributed by atoms with van der Waals surface area (Å²) in [6.07, 6.45) is 1.04.